The number of amides is 4. The lowest BCUT2D eigenvalue weighted by atomic mass is 9.64. The number of hydrogen-bond acceptors (Lipinski definition) is 6. The highest BCUT2D eigenvalue weighted by Gasteiger charge is 2.39. The Morgan fingerprint density at radius 2 is 0.686 bits per heavy atom. The van der Waals surface area contributed by atoms with Crippen molar-refractivity contribution in [3.63, 3.8) is 0 Å². The normalized spacial score (nSPS) is 16.9. The smallest absolute Gasteiger partial charge is 0.274 e. The molecule has 2 fully saturated rings. The van der Waals surface area contributed by atoms with E-state index in [1.54, 1.807) is 36.4 Å². The maximum Gasteiger partial charge on any atom is 0.274 e. The van der Waals surface area contributed by atoms with Crippen molar-refractivity contribution in [1.29, 1.82) is 0 Å². The largest absolute Gasteiger partial charge is 0.497 e. The first-order valence-electron chi connectivity index (χ1n) is 24.9. The number of ether oxygens (including phenoxy) is 1. The van der Waals surface area contributed by atoms with Gasteiger partial charge in [0.2, 0.25) is 0 Å². The number of hydrogen-bond donors (Lipinski definition) is 4. The Labute approximate surface area is 412 Å². The minimum Gasteiger partial charge on any atom is -0.497 e. The molecule has 2 saturated carbocycles. The van der Waals surface area contributed by atoms with Crippen molar-refractivity contribution in [3.05, 3.63) is 174 Å². The van der Waals surface area contributed by atoms with E-state index in [-0.39, 0.29) is 34.0 Å². The fraction of sp³-hybridized carbons (Fsp3) is 0.350. The minimum atomic E-state index is -0.392. The number of aromatic nitrogens is 1. The van der Waals surface area contributed by atoms with Crippen molar-refractivity contribution in [1.82, 2.24) is 4.98 Å². The van der Waals surface area contributed by atoms with Gasteiger partial charge in [0.05, 0.1) is 7.11 Å². The lowest BCUT2D eigenvalue weighted by molar-refractivity contribution is 0.100. The van der Waals surface area contributed by atoms with Crippen molar-refractivity contribution in [2.45, 2.75) is 130 Å². The van der Waals surface area contributed by atoms with E-state index in [4.69, 9.17) is 4.74 Å². The van der Waals surface area contributed by atoms with Crippen LogP contribution in [0.25, 0.3) is 0 Å². The summed E-state index contributed by atoms with van der Waals surface area (Å²) in [5, 5.41) is 12.7. The predicted octanol–water partition coefficient (Wildman–Crippen LogP) is 13.4. The van der Waals surface area contributed by atoms with Gasteiger partial charge in [-0.15, -0.1) is 0 Å². The zero-order chi connectivity index (χ0) is 49.6. The van der Waals surface area contributed by atoms with Crippen LogP contribution in [-0.4, -0.2) is 35.7 Å². The lowest BCUT2D eigenvalue weighted by Gasteiger charge is -2.40. The third-order valence-corrected chi connectivity index (χ3v) is 15.6. The van der Waals surface area contributed by atoms with E-state index in [9.17, 15) is 19.2 Å². The summed E-state index contributed by atoms with van der Waals surface area (Å²) in [5.41, 5.74) is 15.5. The highest BCUT2D eigenvalue weighted by atomic mass is 16.5. The number of aryl methyl sites for hydroxylation is 8. The van der Waals surface area contributed by atoms with Gasteiger partial charge in [0.15, 0.2) is 0 Å². The number of nitrogens with zero attached hydrogens (tertiary/aromatic N) is 1. The molecule has 0 radical (unpaired) electrons. The van der Waals surface area contributed by atoms with Crippen LogP contribution in [0.15, 0.2) is 84.9 Å². The zero-order valence-electron chi connectivity index (χ0n) is 42.1. The number of methoxy groups -OCH3 is 1. The lowest BCUT2D eigenvalue weighted by Crippen LogP contribution is -2.31. The second-order valence-electron chi connectivity index (χ2n) is 20.4. The first-order valence-corrected chi connectivity index (χ1v) is 24.9. The molecule has 4 N–H and O–H groups in total. The molecule has 0 atom stereocenters. The van der Waals surface area contributed by atoms with E-state index >= 15 is 0 Å². The summed E-state index contributed by atoms with van der Waals surface area (Å²) >= 11 is 0. The molecule has 8 heterocycles. The van der Waals surface area contributed by atoms with Crippen molar-refractivity contribution in [2.24, 2.45) is 0 Å². The summed E-state index contributed by atoms with van der Waals surface area (Å²) in [6.45, 7) is 16.2. The van der Waals surface area contributed by atoms with Crippen LogP contribution in [0.4, 0.5) is 22.7 Å². The average Bonchev–Trinajstić information content (AvgIpc) is 3.35. The fourth-order valence-corrected chi connectivity index (χ4v) is 11.9. The monoisotopic (exact) mass is 935 g/mol. The summed E-state index contributed by atoms with van der Waals surface area (Å²) in [6.07, 6.45) is 10.4. The Bertz CT molecular complexity index is 2830. The standard InChI is InChI=1S/C60H65N5O5/c1-34-23-44-24-35(2)51(34)62-55(66)42-31-43(33-48(32-42)70-9)56(67)63-52-36(3)25-45(26-37(52)4)60(21-14-11-15-22-60)47-29-40(7)54(41(8)30-47)65-58(69)50-18-16-17-49(61-50)57(68)64-53-38(5)27-46(28-39(53)6)59(44)19-12-10-13-20-59/h16-18,23-33H,10-15,19-22H2,1-9H3,(H,62,66)(H,63,67)(H,64,68)(H,65,69). The second-order valence-corrected chi connectivity index (χ2v) is 20.4. The predicted molar refractivity (Wildman–Crippen MR) is 280 cm³/mol. The molecular formula is C60H65N5O5. The Morgan fingerprint density at radius 3 is 0.971 bits per heavy atom. The van der Waals surface area contributed by atoms with Crippen LogP contribution in [0, 0.1) is 55.4 Å². The van der Waals surface area contributed by atoms with Gasteiger partial charge in [-0.05, 0) is 178 Å². The van der Waals surface area contributed by atoms with E-state index in [1.165, 1.54) is 29.4 Å². The van der Waals surface area contributed by atoms with Gasteiger partial charge in [0, 0.05) is 44.7 Å². The van der Waals surface area contributed by atoms with Crippen LogP contribution >= 0.6 is 0 Å². The molecule has 0 saturated heterocycles. The first kappa shape index (κ1) is 48.0. The number of rotatable bonds is 1. The van der Waals surface area contributed by atoms with Crippen LogP contribution in [0.1, 0.15) is 173 Å². The van der Waals surface area contributed by atoms with Crippen LogP contribution in [0.3, 0.4) is 0 Å². The first-order chi connectivity index (χ1) is 33.5. The molecule has 6 aromatic rings. The second kappa shape index (κ2) is 19.0. The van der Waals surface area contributed by atoms with Gasteiger partial charge < -0.3 is 26.0 Å². The Balaban J connectivity index is 1.16. The Kier molecular flexibility index (Phi) is 13.0. The molecule has 7 aliphatic heterocycles. The van der Waals surface area contributed by atoms with Crippen molar-refractivity contribution in [3.8, 4) is 5.75 Å². The quantitative estimate of drug-likeness (QED) is 0.130. The van der Waals surface area contributed by atoms with Crippen LogP contribution in [0.2, 0.25) is 0 Å². The van der Waals surface area contributed by atoms with E-state index < -0.39 is 11.8 Å². The molecule has 5 aromatic carbocycles. The fourth-order valence-electron chi connectivity index (χ4n) is 11.9. The van der Waals surface area contributed by atoms with Crippen molar-refractivity contribution < 1.29 is 23.9 Å². The highest BCUT2D eigenvalue weighted by Crippen LogP contribution is 2.49. The third-order valence-electron chi connectivity index (χ3n) is 15.6. The summed E-state index contributed by atoms with van der Waals surface area (Å²) in [7, 11) is 1.53. The van der Waals surface area contributed by atoms with Crippen LogP contribution in [0.5, 0.6) is 5.75 Å². The van der Waals surface area contributed by atoms with E-state index in [2.05, 4.69) is 74.8 Å². The topological polar surface area (TPSA) is 139 Å². The molecule has 0 unspecified atom stereocenters. The van der Waals surface area contributed by atoms with Gasteiger partial charge in [0.25, 0.3) is 23.6 Å². The van der Waals surface area contributed by atoms with E-state index in [0.717, 1.165) is 120 Å². The number of carbonyl (C=O) groups is 4. The molecule has 9 aliphatic rings. The molecule has 4 amide bonds. The Morgan fingerprint density at radius 1 is 0.400 bits per heavy atom. The molecule has 10 heteroatoms. The summed E-state index contributed by atoms with van der Waals surface area (Å²) in [6, 6.07) is 27.6. The van der Waals surface area contributed by atoms with Gasteiger partial charge in [0.1, 0.15) is 17.1 Å². The summed E-state index contributed by atoms with van der Waals surface area (Å²) < 4.78 is 5.66. The zero-order valence-corrected chi connectivity index (χ0v) is 42.1. The number of anilines is 4. The SMILES string of the molecule is COc1cc2cc(c1)C(=O)Nc1c(C)cc(cc1C)C1(CCCCC1)c1cc(C)c(c(C)c1)NC(=O)c1cccc(n1)C(=O)Nc1c(C)cc(cc1C)C1(CCCCC1)c1cc(C)c(c(C)c1)NC2=O. The molecule has 2 spiro atoms. The molecule has 360 valence electrons. The van der Waals surface area contributed by atoms with E-state index in [1.807, 2.05) is 55.4 Å². The third kappa shape index (κ3) is 8.89. The molecule has 10 nitrogen and oxygen atoms in total. The maximum absolute atomic E-state index is 14.3. The minimum absolute atomic E-state index is 0.148. The highest BCUT2D eigenvalue weighted by molar-refractivity contribution is 6.10. The summed E-state index contributed by atoms with van der Waals surface area (Å²) in [4.78, 5) is 61.1. The molecule has 70 heavy (non-hydrogen) atoms. The van der Waals surface area contributed by atoms with Gasteiger partial charge in [-0.1, -0.05) is 93.1 Å². The van der Waals surface area contributed by atoms with Crippen LogP contribution in [-0.2, 0) is 10.8 Å². The molecule has 1 aromatic heterocycles. The molecular weight excluding hydrogens is 871 g/mol. The summed E-state index contributed by atoms with van der Waals surface area (Å²) in [5.74, 6) is -1.07. The van der Waals surface area contributed by atoms with Crippen molar-refractivity contribution >= 4 is 46.4 Å². The van der Waals surface area contributed by atoms with Crippen molar-refractivity contribution in [2.75, 3.05) is 28.4 Å². The molecule has 15 rings (SSSR count). The average molecular weight is 936 g/mol. The maximum atomic E-state index is 14.3. The number of carbonyl (C=O) groups excluding carboxylic acids is 4. The number of nitrogens with one attached hydrogen (secondary N) is 4. The van der Waals surface area contributed by atoms with Gasteiger partial charge in [-0.25, -0.2) is 4.98 Å². The number of benzene rings is 5. The van der Waals surface area contributed by atoms with Crippen LogP contribution < -0.4 is 26.0 Å². The van der Waals surface area contributed by atoms with Gasteiger partial charge >= 0.3 is 0 Å². The molecule has 12 bridgehead atoms. The van der Waals surface area contributed by atoms with Gasteiger partial charge in [-0.2, -0.15) is 0 Å². The Hall–Kier alpha value is -7.07. The van der Waals surface area contributed by atoms with E-state index in [0.29, 0.717) is 28.3 Å². The number of pyridine rings is 1. The molecule has 2 aliphatic carbocycles. The van der Waals surface area contributed by atoms with Gasteiger partial charge in [-0.3, -0.25) is 19.2 Å².